The third-order valence-electron chi connectivity index (χ3n) is 9.93. The summed E-state index contributed by atoms with van der Waals surface area (Å²) in [5.41, 5.74) is 2.05. The van der Waals surface area contributed by atoms with E-state index in [0.29, 0.717) is 26.5 Å². The van der Waals surface area contributed by atoms with Crippen molar-refractivity contribution in [1.29, 1.82) is 0 Å². The highest BCUT2D eigenvalue weighted by atomic mass is 32.2. The van der Waals surface area contributed by atoms with Crippen molar-refractivity contribution in [2.45, 2.75) is 31.9 Å². The van der Waals surface area contributed by atoms with Crippen molar-refractivity contribution in [2.75, 3.05) is 16.2 Å². The van der Waals surface area contributed by atoms with E-state index in [1.54, 1.807) is 61.6 Å². The van der Waals surface area contributed by atoms with Gasteiger partial charge in [-0.2, -0.15) is 8.42 Å². The van der Waals surface area contributed by atoms with Crippen LogP contribution in [-0.2, 0) is 49.5 Å². The van der Waals surface area contributed by atoms with Crippen molar-refractivity contribution in [3.8, 4) is 16.9 Å². The minimum absolute atomic E-state index is 0.00747. The standard InChI is InChI=1S/C40H32F2N6O8S/c1-46-32-18-24(8-12-30(32)48(40(46)53)31-13-14-34(49)44-39(31)52)27-10-7-23(15-29(27)41)16-35(50)43-26-9-11-28-25(17-26)19-33(56-21-22-5-3-2-4-6-22)38(37(28)42)47-20-36(51)45-57(47,54)55/h2-12,15,17-19,31H,13-14,16,20-21H2,1H3,(H,43,50)(H,45,51)(H,44,49,52). The van der Waals surface area contributed by atoms with E-state index in [9.17, 15) is 32.4 Å². The number of carbonyl (C=O) groups excluding carboxylic acids is 4. The van der Waals surface area contributed by atoms with Crippen molar-refractivity contribution in [3.05, 3.63) is 124 Å². The molecule has 8 rings (SSSR count). The number of nitrogens with one attached hydrogen (secondary N) is 3. The highest BCUT2D eigenvalue weighted by molar-refractivity contribution is 7.92. The van der Waals surface area contributed by atoms with E-state index < -0.39 is 69.4 Å². The van der Waals surface area contributed by atoms with E-state index in [1.807, 2.05) is 4.72 Å². The molecule has 1 unspecified atom stereocenters. The van der Waals surface area contributed by atoms with Crippen LogP contribution in [0.25, 0.3) is 32.9 Å². The van der Waals surface area contributed by atoms with Gasteiger partial charge < -0.3 is 10.1 Å². The molecule has 2 saturated heterocycles. The second-order valence-corrected chi connectivity index (χ2v) is 15.3. The first-order valence-electron chi connectivity index (χ1n) is 17.7. The average molecular weight is 795 g/mol. The molecule has 3 N–H and O–H groups in total. The molecule has 0 saturated carbocycles. The average Bonchev–Trinajstić information content (AvgIpc) is 3.58. The molecule has 2 aliphatic rings. The fourth-order valence-corrected chi connectivity index (χ4v) is 8.34. The van der Waals surface area contributed by atoms with Crippen molar-refractivity contribution in [2.24, 2.45) is 7.05 Å². The Morgan fingerprint density at radius 1 is 0.895 bits per heavy atom. The topological polar surface area (TPSA) is 178 Å². The molecule has 0 spiro atoms. The summed E-state index contributed by atoms with van der Waals surface area (Å²) in [5, 5.41) is 5.28. The minimum Gasteiger partial charge on any atom is -0.487 e. The number of halogens is 2. The third kappa shape index (κ3) is 6.97. The van der Waals surface area contributed by atoms with Gasteiger partial charge in [0.25, 0.3) is 5.91 Å². The molecule has 4 amide bonds. The van der Waals surface area contributed by atoms with Gasteiger partial charge in [-0.1, -0.05) is 48.5 Å². The maximum absolute atomic E-state index is 16.2. The molecule has 2 fully saturated rings. The van der Waals surface area contributed by atoms with Crippen LogP contribution < -0.4 is 30.1 Å². The van der Waals surface area contributed by atoms with Crippen LogP contribution in [0.15, 0.2) is 95.8 Å². The zero-order valence-corrected chi connectivity index (χ0v) is 30.9. The number of hydrogen-bond acceptors (Lipinski definition) is 8. The van der Waals surface area contributed by atoms with Crippen LogP contribution in [0.5, 0.6) is 5.75 Å². The molecule has 17 heteroatoms. The van der Waals surface area contributed by atoms with E-state index >= 15 is 8.78 Å². The van der Waals surface area contributed by atoms with Crippen molar-refractivity contribution in [1.82, 2.24) is 19.2 Å². The number of aromatic nitrogens is 2. The van der Waals surface area contributed by atoms with E-state index in [2.05, 4.69) is 10.6 Å². The van der Waals surface area contributed by atoms with Gasteiger partial charge in [0.15, 0.2) is 5.82 Å². The Balaban J connectivity index is 1.02. The highest BCUT2D eigenvalue weighted by Crippen LogP contribution is 2.40. The number of carbonyl (C=O) groups is 4. The SMILES string of the molecule is Cn1c(=O)n(C2CCC(=O)NC2=O)c2ccc(-c3ccc(CC(=O)Nc4ccc5c(F)c(N6CC(=O)NS6(=O)=O)c(OCc6ccccc6)cc5c4)cc3F)cc21. The zero-order valence-electron chi connectivity index (χ0n) is 30.0. The van der Waals surface area contributed by atoms with Crippen LogP contribution in [0.1, 0.15) is 30.0 Å². The zero-order chi connectivity index (χ0) is 40.2. The molecule has 2 aliphatic heterocycles. The number of piperidine rings is 1. The Kier molecular flexibility index (Phi) is 9.31. The Labute approximate surface area is 322 Å². The second kappa shape index (κ2) is 14.3. The lowest BCUT2D eigenvalue weighted by molar-refractivity contribution is -0.135. The third-order valence-corrected chi connectivity index (χ3v) is 11.3. The van der Waals surface area contributed by atoms with Crippen LogP contribution in [0, 0.1) is 11.6 Å². The van der Waals surface area contributed by atoms with Crippen molar-refractivity contribution in [3.63, 3.8) is 0 Å². The predicted octanol–water partition coefficient (Wildman–Crippen LogP) is 4.36. The highest BCUT2D eigenvalue weighted by Gasteiger charge is 2.38. The summed E-state index contributed by atoms with van der Waals surface area (Å²) in [6, 6.07) is 23.0. The van der Waals surface area contributed by atoms with Gasteiger partial charge in [-0.05, 0) is 71.0 Å². The number of nitrogens with zero attached hydrogens (tertiary/aromatic N) is 3. The molecular formula is C40H32F2N6O8S. The summed E-state index contributed by atoms with van der Waals surface area (Å²) in [5.74, 6) is -4.00. The van der Waals surface area contributed by atoms with Gasteiger partial charge in [-0.15, -0.1) is 0 Å². The largest absolute Gasteiger partial charge is 0.487 e. The lowest BCUT2D eigenvalue weighted by atomic mass is 10.0. The summed E-state index contributed by atoms with van der Waals surface area (Å²) >= 11 is 0. The fraction of sp³-hybridized carbons (Fsp3) is 0.175. The first-order valence-corrected chi connectivity index (χ1v) is 19.1. The number of imide groups is 1. The number of rotatable bonds is 9. The summed E-state index contributed by atoms with van der Waals surface area (Å²) in [6.45, 7) is -0.675. The van der Waals surface area contributed by atoms with Gasteiger partial charge in [-0.3, -0.25) is 33.6 Å². The summed E-state index contributed by atoms with van der Waals surface area (Å²) in [4.78, 5) is 62.6. The number of fused-ring (bicyclic) bond motifs is 2. The van der Waals surface area contributed by atoms with Crippen molar-refractivity contribution >= 4 is 67.0 Å². The maximum atomic E-state index is 16.2. The molecule has 0 radical (unpaired) electrons. The maximum Gasteiger partial charge on any atom is 0.329 e. The molecule has 3 heterocycles. The molecular weight excluding hydrogens is 763 g/mol. The molecule has 0 bridgehead atoms. The number of aryl methyl sites for hydroxylation is 1. The van der Waals surface area contributed by atoms with E-state index in [0.717, 1.165) is 5.56 Å². The number of benzene rings is 5. The Bertz CT molecular complexity index is 2860. The van der Waals surface area contributed by atoms with Crippen LogP contribution in [-0.4, -0.2) is 47.7 Å². The Morgan fingerprint density at radius 3 is 2.40 bits per heavy atom. The van der Waals surface area contributed by atoms with Crippen LogP contribution in [0.3, 0.4) is 0 Å². The normalized spacial score (nSPS) is 16.5. The minimum atomic E-state index is -4.38. The molecule has 290 valence electrons. The monoisotopic (exact) mass is 794 g/mol. The smallest absolute Gasteiger partial charge is 0.329 e. The van der Waals surface area contributed by atoms with Gasteiger partial charge in [0.1, 0.15) is 36.4 Å². The predicted molar refractivity (Wildman–Crippen MR) is 205 cm³/mol. The lowest BCUT2D eigenvalue weighted by Crippen LogP contribution is -2.44. The second-order valence-electron chi connectivity index (χ2n) is 13.7. The number of hydrogen-bond donors (Lipinski definition) is 3. The van der Waals surface area contributed by atoms with Crippen molar-refractivity contribution < 1.29 is 41.1 Å². The lowest BCUT2D eigenvalue weighted by Gasteiger charge is -2.21. The first kappa shape index (κ1) is 37.1. The quantitative estimate of drug-likeness (QED) is 0.181. The van der Waals surface area contributed by atoms with E-state index in [4.69, 9.17) is 4.74 Å². The fourth-order valence-electron chi connectivity index (χ4n) is 7.18. The summed E-state index contributed by atoms with van der Waals surface area (Å²) < 4.78 is 68.3. The van der Waals surface area contributed by atoms with Gasteiger partial charge in [0.2, 0.25) is 17.7 Å². The number of ether oxygens (including phenoxy) is 1. The number of amides is 4. The van der Waals surface area contributed by atoms with Gasteiger partial charge in [0, 0.05) is 30.1 Å². The number of imidazole rings is 1. The molecule has 57 heavy (non-hydrogen) atoms. The van der Waals surface area contributed by atoms with Crippen LogP contribution in [0.4, 0.5) is 20.2 Å². The first-order chi connectivity index (χ1) is 27.3. The molecule has 5 aromatic carbocycles. The van der Waals surface area contributed by atoms with Crippen LogP contribution >= 0.6 is 0 Å². The van der Waals surface area contributed by atoms with Gasteiger partial charge >= 0.3 is 15.9 Å². The molecule has 14 nitrogen and oxygen atoms in total. The Hall–Kier alpha value is -6.88. The summed E-state index contributed by atoms with van der Waals surface area (Å²) in [6.07, 6.45) is 0.0551. The van der Waals surface area contributed by atoms with E-state index in [-0.39, 0.29) is 53.6 Å². The summed E-state index contributed by atoms with van der Waals surface area (Å²) in [7, 11) is -2.84. The van der Waals surface area contributed by atoms with Crippen LogP contribution in [0.2, 0.25) is 0 Å². The molecule has 1 aromatic heterocycles. The van der Waals surface area contributed by atoms with Gasteiger partial charge in [-0.25, -0.2) is 22.6 Å². The molecule has 1 atom stereocenters. The Morgan fingerprint density at radius 2 is 1.68 bits per heavy atom. The van der Waals surface area contributed by atoms with Gasteiger partial charge in [0.05, 0.1) is 17.5 Å². The number of anilines is 2. The molecule has 6 aromatic rings. The molecule has 0 aliphatic carbocycles. The van der Waals surface area contributed by atoms with E-state index in [1.165, 1.54) is 45.5 Å².